The quantitative estimate of drug-likeness (QED) is 0.815. The van der Waals surface area contributed by atoms with Crippen LogP contribution in [-0.2, 0) is 0 Å². The first-order valence-corrected chi connectivity index (χ1v) is 9.45. The van der Waals surface area contributed by atoms with Gasteiger partial charge in [-0.1, -0.05) is 0 Å². The maximum Gasteiger partial charge on any atom is 0.176 e. The predicted octanol–water partition coefficient (Wildman–Crippen LogP) is 3.81. The summed E-state index contributed by atoms with van der Waals surface area (Å²) >= 11 is 0. The van der Waals surface area contributed by atoms with Crippen molar-refractivity contribution in [2.75, 3.05) is 19.6 Å². The number of ether oxygens (including phenoxy) is 1. The van der Waals surface area contributed by atoms with Gasteiger partial charge in [-0.15, -0.1) is 0 Å². The molecule has 0 amide bonds. The molecule has 0 radical (unpaired) electrons. The third-order valence-electron chi connectivity index (χ3n) is 5.66. The minimum Gasteiger partial charge on any atom is -0.508 e. The Hall–Kier alpha value is -2.40. The molecule has 1 N–H and O–H groups in total. The van der Waals surface area contributed by atoms with Crippen LogP contribution in [0.15, 0.2) is 42.5 Å². The van der Waals surface area contributed by atoms with Crippen LogP contribution in [0.3, 0.4) is 0 Å². The van der Waals surface area contributed by atoms with Gasteiger partial charge in [0.25, 0.3) is 0 Å². The molecule has 3 atom stereocenters. The Morgan fingerprint density at radius 1 is 1.15 bits per heavy atom. The Kier molecular flexibility index (Phi) is 4.87. The molecule has 4 rings (SSSR count). The Labute approximate surface area is 158 Å². The monoisotopic (exact) mass is 369 g/mol. The maximum atomic E-state index is 13.5. The van der Waals surface area contributed by atoms with E-state index >= 15 is 0 Å². The first-order valence-electron chi connectivity index (χ1n) is 9.45. The summed E-state index contributed by atoms with van der Waals surface area (Å²) in [5.41, 5.74) is 1.50. The zero-order chi connectivity index (χ0) is 19.0. The van der Waals surface area contributed by atoms with E-state index in [1.807, 2.05) is 13.0 Å². The summed E-state index contributed by atoms with van der Waals surface area (Å²) in [5.74, 6) is 1.65. The number of aryl methyl sites for hydroxylation is 1. The van der Waals surface area contributed by atoms with Crippen molar-refractivity contribution >= 4 is 5.78 Å². The third kappa shape index (κ3) is 4.14. The molecule has 27 heavy (non-hydrogen) atoms. The van der Waals surface area contributed by atoms with Crippen LogP contribution in [0, 0.1) is 24.6 Å². The van der Waals surface area contributed by atoms with E-state index in [2.05, 4.69) is 4.90 Å². The number of halogens is 1. The Balaban J connectivity index is 1.30. The van der Waals surface area contributed by atoms with Gasteiger partial charge in [0.15, 0.2) is 5.78 Å². The molecule has 1 aliphatic carbocycles. The van der Waals surface area contributed by atoms with Crippen LogP contribution < -0.4 is 4.74 Å². The van der Waals surface area contributed by atoms with E-state index in [0.29, 0.717) is 29.7 Å². The number of phenolic OH excluding ortho intramolecular Hbond substituents is 1. The predicted molar refractivity (Wildman–Crippen MR) is 101 cm³/mol. The van der Waals surface area contributed by atoms with Crippen molar-refractivity contribution in [2.24, 2.45) is 11.8 Å². The zero-order valence-corrected chi connectivity index (χ0v) is 15.4. The van der Waals surface area contributed by atoms with Crippen LogP contribution in [0.25, 0.3) is 0 Å². The number of aromatic hydroxyl groups is 1. The minimum absolute atomic E-state index is 0.0815. The molecule has 1 saturated heterocycles. The van der Waals surface area contributed by atoms with Crippen LogP contribution in [0.5, 0.6) is 11.5 Å². The maximum absolute atomic E-state index is 13.5. The lowest BCUT2D eigenvalue weighted by molar-refractivity contribution is 0.0936. The number of nitrogens with zero attached hydrogens (tertiary/aromatic N) is 1. The number of carbonyl (C=O) groups excluding carboxylic acids is 1. The Morgan fingerprint density at radius 2 is 1.81 bits per heavy atom. The summed E-state index contributed by atoms with van der Waals surface area (Å²) in [7, 11) is 0. The molecule has 1 aliphatic heterocycles. The zero-order valence-electron chi connectivity index (χ0n) is 15.4. The lowest BCUT2D eigenvalue weighted by Crippen LogP contribution is -2.30. The molecule has 5 heteroatoms. The molecule has 1 heterocycles. The van der Waals surface area contributed by atoms with Gasteiger partial charge in [-0.25, -0.2) is 4.39 Å². The molecule has 2 aromatic rings. The summed E-state index contributed by atoms with van der Waals surface area (Å²) in [6, 6.07) is 11.2. The highest BCUT2D eigenvalue weighted by Crippen LogP contribution is 2.40. The lowest BCUT2D eigenvalue weighted by atomic mass is 10.0. The van der Waals surface area contributed by atoms with Gasteiger partial charge < -0.3 is 9.84 Å². The second kappa shape index (κ2) is 7.31. The first-order chi connectivity index (χ1) is 13.0. The molecule has 0 spiro atoms. The average Bonchev–Trinajstić information content (AvgIpc) is 3.12. The molecule has 1 saturated carbocycles. The Morgan fingerprint density at radius 3 is 2.44 bits per heavy atom. The van der Waals surface area contributed by atoms with Crippen LogP contribution in [0.2, 0.25) is 0 Å². The van der Waals surface area contributed by atoms with Gasteiger partial charge in [-0.05, 0) is 73.6 Å². The fourth-order valence-electron chi connectivity index (χ4n) is 4.47. The van der Waals surface area contributed by atoms with Gasteiger partial charge in [0.2, 0.25) is 0 Å². The fourth-order valence-corrected chi connectivity index (χ4v) is 4.47. The largest absolute Gasteiger partial charge is 0.508 e. The van der Waals surface area contributed by atoms with E-state index in [9.17, 15) is 14.3 Å². The van der Waals surface area contributed by atoms with E-state index in [1.165, 1.54) is 12.1 Å². The molecule has 2 aromatic carbocycles. The van der Waals surface area contributed by atoms with Gasteiger partial charge in [-0.2, -0.15) is 0 Å². The normalized spacial score (nSPS) is 24.7. The number of hydrogen-bond acceptors (Lipinski definition) is 4. The summed E-state index contributed by atoms with van der Waals surface area (Å²) in [6.45, 7) is 4.07. The average molecular weight is 369 g/mol. The summed E-state index contributed by atoms with van der Waals surface area (Å²) in [5, 5.41) is 9.34. The Bertz CT molecular complexity index is 802. The molecule has 142 valence electrons. The van der Waals surface area contributed by atoms with Crippen molar-refractivity contribution in [3.8, 4) is 11.5 Å². The summed E-state index contributed by atoms with van der Waals surface area (Å²) < 4.78 is 19.6. The van der Waals surface area contributed by atoms with E-state index in [4.69, 9.17) is 4.74 Å². The highest BCUT2D eigenvalue weighted by atomic mass is 19.1. The number of phenols is 1. The topological polar surface area (TPSA) is 49.8 Å². The smallest absolute Gasteiger partial charge is 0.176 e. The number of Topliss-reactive ketones (excluding diaryl/α,β-unsaturated/α-hetero) is 1. The van der Waals surface area contributed by atoms with Crippen molar-refractivity contribution < 1.29 is 19.0 Å². The van der Waals surface area contributed by atoms with Crippen LogP contribution in [0.4, 0.5) is 4.39 Å². The van der Waals surface area contributed by atoms with Gasteiger partial charge in [0, 0.05) is 24.7 Å². The van der Waals surface area contributed by atoms with E-state index in [0.717, 1.165) is 31.5 Å². The van der Waals surface area contributed by atoms with Gasteiger partial charge in [0.05, 0.1) is 12.6 Å². The number of fused-ring (bicyclic) bond motifs is 1. The molecular formula is C22H24FNO3. The first kappa shape index (κ1) is 18.0. The summed E-state index contributed by atoms with van der Waals surface area (Å²) in [4.78, 5) is 14.6. The van der Waals surface area contributed by atoms with Crippen molar-refractivity contribution in [1.29, 1.82) is 0 Å². The lowest BCUT2D eigenvalue weighted by Gasteiger charge is -2.19. The SMILES string of the molecule is Cc1cc(F)cc(OC2C[C@@H]3CN(CC(=O)c4ccc(O)cc4)C[C@@H]3C2)c1. The van der Waals surface area contributed by atoms with Crippen molar-refractivity contribution in [3.05, 3.63) is 59.4 Å². The van der Waals surface area contributed by atoms with E-state index < -0.39 is 0 Å². The molecule has 0 aromatic heterocycles. The number of hydrogen-bond donors (Lipinski definition) is 1. The molecule has 0 bridgehead atoms. The number of carbonyl (C=O) groups is 1. The highest BCUT2D eigenvalue weighted by molar-refractivity contribution is 5.97. The molecule has 2 aliphatic rings. The summed E-state index contributed by atoms with van der Waals surface area (Å²) in [6.07, 6.45) is 2.02. The van der Waals surface area contributed by atoms with Crippen LogP contribution in [-0.4, -0.2) is 41.5 Å². The number of ketones is 1. The second-order valence-corrected chi connectivity index (χ2v) is 7.86. The minimum atomic E-state index is -0.262. The van der Waals surface area contributed by atoms with Crippen LogP contribution in [0.1, 0.15) is 28.8 Å². The van der Waals surface area contributed by atoms with E-state index in [1.54, 1.807) is 24.3 Å². The molecule has 1 unspecified atom stereocenters. The number of rotatable bonds is 5. The number of likely N-dealkylation sites (tertiary alicyclic amines) is 1. The van der Waals surface area contributed by atoms with E-state index in [-0.39, 0.29) is 23.5 Å². The van der Waals surface area contributed by atoms with Crippen molar-refractivity contribution in [3.63, 3.8) is 0 Å². The van der Waals surface area contributed by atoms with Crippen LogP contribution >= 0.6 is 0 Å². The number of benzene rings is 2. The standard InChI is InChI=1S/C22H24FNO3/c1-14-6-18(23)10-20(7-14)27-21-8-16-11-24(12-17(16)9-21)13-22(26)15-2-4-19(25)5-3-15/h2-7,10,16-17,21,25H,8-9,11-13H2,1H3/t16-,17+,21?. The van der Waals surface area contributed by atoms with Gasteiger partial charge in [-0.3, -0.25) is 9.69 Å². The molecular weight excluding hydrogens is 345 g/mol. The molecule has 4 nitrogen and oxygen atoms in total. The fraction of sp³-hybridized carbons (Fsp3) is 0.409. The third-order valence-corrected chi connectivity index (χ3v) is 5.66. The second-order valence-electron chi connectivity index (χ2n) is 7.86. The highest BCUT2D eigenvalue weighted by Gasteiger charge is 2.42. The van der Waals surface area contributed by atoms with Gasteiger partial charge >= 0.3 is 0 Å². The van der Waals surface area contributed by atoms with Crippen molar-refractivity contribution in [2.45, 2.75) is 25.9 Å². The molecule has 2 fully saturated rings. The van der Waals surface area contributed by atoms with Crippen molar-refractivity contribution in [1.82, 2.24) is 4.90 Å². The van der Waals surface area contributed by atoms with Gasteiger partial charge in [0.1, 0.15) is 17.3 Å².